The summed E-state index contributed by atoms with van der Waals surface area (Å²) in [6, 6.07) is 0.546. The van der Waals surface area contributed by atoms with Crippen LogP contribution < -0.4 is 5.32 Å². The quantitative estimate of drug-likeness (QED) is 0.871. The van der Waals surface area contributed by atoms with E-state index >= 15 is 0 Å². The van der Waals surface area contributed by atoms with E-state index in [2.05, 4.69) is 26.1 Å². The van der Waals surface area contributed by atoms with Gasteiger partial charge in [0.05, 0.1) is 5.69 Å². The van der Waals surface area contributed by atoms with E-state index < -0.39 is 0 Å². The Hall–Kier alpha value is -0.410. The van der Waals surface area contributed by atoms with Gasteiger partial charge in [0.2, 0.25) is 0 Å². The molecule has 0 saturated heterocycles. The highest BCUT2D eigenvalue weighted by molar-refractivity contribution is 7.11. The summed E-state index contributed by atoms with van der Waals surface area (Å²) < 4.78 is 0. The zero-order chi connectivity index (χ0) is 11.5. The van der Waals surface area contributed by atoms with Crippen LogP contribution in [0.3, 0.4) is 0 Å². The molecule has 0 amide bonds. The molecule has 1 aromatic heterocycles. The van der Waals surface area contributed by atoms with Gasteiger partial charge in [-0.15, -0.1) is 11.3 Å². The molecule has 2 nitrogen and oxygen atoms in total. The minimum Gasteiger partial charge on any atom is -0.308 e. The zero-order valence-corrected chi connectivity index (χ0v) is 11.4. The lowest BCUT2D eigenvalue weighted by atomic mass is 9.89. The summed E-state index contributed by atoms with van der Waals surface area (Å²) in [7, 11) is 0. The predicted octanol–water partition coefficient (Wildman–Crippen LogP) is 3.16. The van der Waals surface area contributed by atoms with Crippen LogP contribution in [0.1, 0.15) is 49.2 Å². The minimum atomic E-state index is 0.546. The number of thiazole rings is 1. The molecule has 3 heteroatoms. The van der Waals surface area contributed by atoms with E-state index in [0.717, 1.165) is 12.5 Å². The first-order chi connectivity index (χ1) is 7.69. The van der Waals surface area contributed by atoms with E-state index in [-0.39, 0.29) is 0 Å². The van der Waals surface area contributed by atoms with Gasteiger partial charge in [-0.3, -0.25) is 0 Å². The first-order valence-electron chi connectivity index (χ1n) is 6.39. The smallest absolute Gasteiger partial charge is 0.107 e. The Balaban J connectivity index is 2.01. The molecule has 1 atom stereocenters. The number of aromatic nitrogens is 1. The number of nitrogens with zero attached hydrogens (tertiary/aromatic N) is 1. The van der Waals surface area contributed by atoms with Crippen LogP contribution in [0.5, 0.6) is 0 Å². The minimum absolute atomic E-state index is 0.546. The summed E-state index contributed by atoms with van der Waals surface area (Å²) in [6.07, 6.45) is 5.12. The fraction of sp³-hybridized carbons (Fsp3) is 0.769. The van der Waals surface area contributed by atoms with Crippen LogP contribution in [0.2, 0.25) is 0 Å². The molecule has 0 radical (unpaired) electrons. The molecule has 16 heavy (non-hydrogen) atoms. The predicted molar refractivity (Wildman–Crippen MR) is 69.9 cm³/mol. The van der Waals surface area contributed by atoms with Crippen molar-refractivity contribution in [2.45, 2.75) is 59.0 Å². The van der Waals surface area contributed by atoms with Crippen molar-refractivity contribution < 1.29 is 0 Å². The van der Waals surface area contributed by atoms with Gasteiger partial charge in [0.25, 0.3) is 0 Å². The standard InChI is InChI=1S/C13H22N2S/c1-4-10-5-6-11-12(7-10)16-13(15-11)8-14-9(2)3/h9-10,14H,4-8H2,1-3H3. The van der Waals surface area contributed by atoms with Crippen LogP contribution >= 0.6 is 11.3 Å². The SMILES string of the molecule is CCC1CCc2nc(CNC(C)C)sc2C1. The van der Waals surface area contributed by atoms with E-state index in [4.69, 9.17) is 4.98 Å². The molecule has 1 aliphatic rings. The van der Waals surface area contributed by atoms with Crippen LogP contribution in [0.4, 0.5) is 0 Å². The summed E-state index contributed by atoms with van der Waals surface area (Å²) in [5.41, 5.74) is 1.38. The number of hydrogen-bond donors (Lipinski definition) is 1. The van der Waals surface area contributed by atoms with Gasteiger partial charge in [-0.1, -0.05) is 27.2 Å². The Bertz CT molecular complexity index is 344. The molecule has 1 aromatic rings. The molecule has 0 saturated carbocycles. The van der Waals surface area contributed by atoms with Crippen molar-refractivity contribution in [1.29, 1.82) is 0 Å². The van der Waals surface area contributed by atoms with Gasteiger partial charge in [-0.05, 0) is 25.2 Å². The molecule has 1 heterocycles. The highest BCUT2D eigenvalue weighted by Crippen LogP contribution is 2.31. The van der Waals surface area contributed by atoms with E-state index in [9.17, 15) is 0 Å². The van der Waals surface area contributed by atoms with Crippen molar-refractivity contribution in [1.82, 2.24) is 10.3 Å². The van der Waals surface area contributed by atoms with E-state index in [0.29, 0.717) is 6.04 Å². The topological polar surface area (TPSA) is 24.9 Å². The Morgan fingerprint density at radius 2 is 2.31 bits per heavy atom. The molecule has 0 fully saturated rings. The highest BCUT2D eigenvalue weighted by atomic mass is 32.1. The number of fused-ring (bicyclic) bond motifs is 1. The fourth-order valence-corrected chi connectivity index (χ4v) is 3.39. The molecular weight excluding hydrogens is 216 g/mol. The summed E-state index contributed by atoms with van der Waals surface area (Å²) >= 11 is 1.92. The summed E-state index contributed by atoms with van der Waals surface area (Å²) in [6.45, 7) is 7.60. The number of aryl methyl sites for hydroxylation is 1. The van der Waals surface area contributed by atoms with Crippen LogP contribution in [0.25, 0.3) is 0 Å². The van der Waals surface area contributed by atoms with Crippen molar-refractivity contribution in [2.75, 3.05) is 0 Å². The molecule has 1 aliphatic carbocycles. The van der Waals surface area contributed by atoms with Crippen LogP contribution in [-0.2, 0) is 19.4 Å². The van der Waals surface area contributed by atoms with Crippen molar-refractivity contribution in [3.63, 3.8) is 0 Å². The maximum absolute atomic E-state index is 4.75. The van der Waals surface area contributed by atoms with Gasteiger partial charge >= 0.3 is 0 Å². The van der Waals surface area contributed by atoms with E-state index in [1.54, 1.807) is 4.88 Å². The number of nitrogens with one attached hydrogen (secondary N) is 1. The molecule has 0 aromatic carbocycles. The second-order valence-corrected chi connectivity index (χ2v) is 6.20. The zero-order valence-electron chi connectivity index (χ0n) is 10.5. The van der Waals surface area contributed by atoms with Gasteiger partial charge in [0.15, 0.2) is 0 Å². The van der Waals surface area contributed by atoms with E-state index in [1.807, 2.05) is 11.3 Å². The Labute approximate surface area is 102 Å². The third-order valence-corrected chi connectivity index (χ3v) is 4.44. The molecule has 90 valence electrons. The molecule has 0 spiro atoms. The third kappa shape index (κ3) is 2.83. The van der Waals surface area contributed by atoms with Crippen molar-refractivity contribution in [3.8, 4) is 0 Å². The van der Waals surface area contributed by atoms with Gasteiger partial charge in [-0.2, -0.15) is 0 Å². The lowest BCUT2D eigenvalue weighted by molar-refractivity contribution is 0.445. The van der Waals surface area contributed by atoms with Gasteiger partial charge in [-0.25, -0.2) is 4.98 Å². The Kier molecular flexibility index (Phi) is 3.98. The van der Waals surface area contributed by atoms with Crippen molar-refractivity contribution >= 4 is 11.3 Å². The monoisotopic (exact) mass is 238 g/mol. The maximum atomic E-state index is 4.75. The molecule has 1 N–H and O–H groups in total. The van der Waals surface area contributed by atoms with Gasteiger partial charge in [0, 0.05) is 17.5 Å². The molecule has 2 rings (SSSR count). The first kappa shape index (κ1) is 12.1. The average Bonchev–Trinajstić information content (AvgIpc) is 2.67. The molecular formula is C13H22N2S. The number of rotatable bonds is 4. The number of hydrogen-bond acceptors (Lipinski definition) is 3. The molecule has 0 bridgehead atoms. The second-order valence-electron chi connectivity index (χ2n) is 5.03. The Morgan fingerprint density at radius 1 is 1.50 bits per heavy atom. The van der Waals surface area contributed by atoms with Gasteiger partial charge < -0.3 is 5.32 Å². The lowest BCUT2D eigenvalue weighted by Gasteiger charge is -2.18. The maximum Gasteiger partial charge on any atom is 0.107 e. The third-order valence-electron chi connectivity index (χ3n) is 3.32. The summed E-state index contributed by atoms with van der Waals surface area (Å²) in [5, 5.41) is 4.72. The first-order valence-corrected chi connectivity index (χ1v) is 7.21. The molecule has 0 aliphatic heterocycles. The largest absolute Gasteiger partial charge is 0.308 e. The summed E-state index contributed by atoms with van der Waals surface area (Å²) in [5.74, 6) is 0.902. The van der Waals surface area contributed by atoms with Gasteiger partial charge in [0.1, 0.15) is 5.01 Å². The molecule has 1 unspecified atom stereocenters. The van der Waals surface area contributed by atoms with Crippen LogP contribution in [-0.4, -0.2) is 11.0 Å². The normalized spacial score (nSPS) is 20.1. The summed E-state index contributed by atoms with van der Waals surface area (Å²) in [4.78, 5) is 6.30. The highest BCUT2D eigenvalue weighted by Gasteiger charge is 2.21. The second kappa shape index (κ2) is 5.28. The van der Waals surface area contributed by atoms with Crippen LogP contribution in [0.15, 0.2) is 0 Å². The fourth-order valence-electron chi connectivity index (χ4n) is 2.21. The van der Waals surface area contributed by atoms with Crippen LogP contribution in [0, 0.1) is 5.92 Å². The van der Waals surface area contributed by atoms with Crippen molar-refractivity contribution in [2.24, 2.45) is 5.92 Å². The average molecular weight is 238 g/mol. The Morgan fingerprint density at radius 3 is 3.00 bits per heavy atom. The van der Waals surface area contributed by atoms with E-state index in [1.165, 1.54) is 36.4 Å². The van der Waals surface area contributed by atoms with Crippen molar-refractivity contribution in [3.05, 3.63) is 15.6 Å². The lowest BCUT2D eigenvalue weighted by Crippen LogP contribution is -2.21.